The van der Waals surface area contributed by atoms with E-state index >= 15 is 0 Å². The number of benzene rings is 3. The predicted octanol–water partition coefficient (Wildman–Crippen LogP) is 3.38. The van der Waals surface area contributed by atoms with Gasteiger partial charge in [-0.3, -0.25) is 4.90 Å². The number of rotatable bonds is 17. The number of aromatic hydroxyl groups is 1. The predicted molar refractivity (Wildman–Crippen MR) is 146 cm³/mol. The Kier molecular flexibility index (Phi) is 12.1. The molecule has 0 bridgehead atoms. The maximum atomic E-state index is 9.66. The van der Waals surface area contributed by atoms with Crippen LogP contribution in [-0.2, 0) is 19.6 Å². The molecule has 36 heavy (non-hydrogen) atoms. The van der Waals surface area contributed by atoms with Crippen molar-refractivity contribution in [2.45, 2.75) is 19.6 Å². The molecule has 0 saturated heterocycles. The van der Waals surface area contributed by atoms with Gasteiger partial charge in [-0.05, 0) is 53.1 Å². The smallest absolute Gasteiger partial charge is 0.119 e. The maximum absolute atomic E-state index is 9.66. The summed E-state index contributed by atoms with van der Waals surface area (Å²) in [6.07, 6.45) is 0. The summed E-state index contributed by atoms with van der Waals surface area (Å²) in [6.45, 7) is 7.91. The highest BCUT2D eigenvalue weighted by Gasteiger charge is 2.06. The van der Waals surface area contributed by atoms with Gasteiger partial charge >= 0.3 is 0 Å². The van der Waals surface area contributed by atoms with Crippen LogP contribution >= 0.6 is 0 Å². The molecule has 7 nitrogen and oxygen atoms in total. The second-order valence-corrected chi connectivity index (χ2v) is 8.74. The Morgan fingerprint density at radius 3 is 1.44 bits per heavy atom. The first-order valence-corrected chi connectivity index (χ1v) is 12.5. The Balaban J connectivity index is 1.42. The summed E-state index contributed by atoms with van der Waals surface area (Å²) in [7, 11) is 3.39. The standard InChI is InChI=1S/C29H40N4O3/c1-35-28-10-4-7-25(19-28)22-31-13-16-33(15-12-30-21-24-6-3-9-27(34)18-24)17-14-32-23-26-8-5-11-29(20-26)36-2/h3-11,18-20,30-32,34H,12-17,21-23H2,1-2H3. The zero-order chi connectivity index (χ0) is 25.4. The summed E-state index contributed by atoms with van der Waals surface area (Å²) in [5, 5.41) is 20.3. The third-order valence-corrected chi connectivity index (χ3v) is 5.98. The maximum Gasteiger partial charge on any atom is 0.119 e. The molecule has 0 fully saturated rings. The number of methoxy groups -OCH3 is 2. The third-order valence-electron chi connectivity index (χ3n) is 5.98. The van der Waals surface area contributed by atoms with Crippen LogP contribution in [-0.4, -0.2) is 63.5 Å². The van der Waals surface area contributed by atoms with Crippen molar-refractivity contribution in [2.75, 3.05) is 53.5 Å². The Morgan fingerprint density at radius 2 is 1.03 bits per heavy atom. The molecule has 0 heterocycles. The fourth-order valence-corrected chi connectivity index (χ4v) is 3.98. The van der Waals surface area contributed by atoms with Gasteiger partial charge < -0.3 is 30.5 Å². The zero-order valence-electron chi connectivity index (χ0n) is 21.5. The molecule has 3 aromatic rings. The fraction of sp³-hybridized carbons (Fsp3) is 0.379. The monoisotopic (exact) mass is 492 g/mol. The van der Waals surface area contributed by atoms with E-state index in [0.717, 1.165) is 76.0 Å². The third kappa shape index (κ3) is 10.3. The van der Waals surface area contributed by atoms with Crippen LogP contribution < -0.4 is 25.4 Å². The number of nitrogens with one attached hydrogen (secondary N) is 3. The molecule has 0 spiro atoms. The van der Waals surface area contributed by atoms with Crippen LogP contribution in [0.15, 0.2) is 72.8 Å². The number of phenols is 1. The normalized spacial score (nSPS) is 11.1. The lowest BCUT2D eigenvalue weighted by Crippen LogP contribution is -2.40. The van der Waals surface area contributed by atoms with Crippen LogP contribution in [0.2, 0.25) is 0 Å². The van der Waals surface area contributed by atoms with E-state index in [0.29, 0.717) is 5.75 Å². The number of ether oxygens (including phenoxy) is 2. The van der Waals surface area contributed by atoms with Crippen molar-refractivity contribution in [3.63, 3.8) is 0 Å². The van der Waals surface area contributed by atoms with E-state index in [4.69, 9.17) is 9.47 Å². The van der Waals surface area contributed by atoms with Gasteiger partial charge in [0.2, 0.25) is 0 Å². The molecule has 0 saturated carbocycles. The van der Waals surface area contributed by atoms with E-state index in [-0.39, 0.29) is 0 Å². The molecule has 0 unspecified atom stereocenters. The Hall–Kier alpha value is -3.10. The summed E-state index contributed by atoms with van der Waals surface area (Å²) >= 11 is 0. The van der Waals surface area contributed by atoms with Crippen LogP contribution in [0.3, 0.4) is 0 Å². The van der Waals surface area contributed by atoms with Gasteiger partial charge in [-0.15, -0.1) is 0 Å². The second-order valence-electron chi connectivity index (χ2n) is 8.74. The first-order valence-electron chi connectivity index (χ1n) is 12.5. The highest BCUT2D eigenvalue weighted by molar-refractivity contribution is 5.29. The van der Waals surface area contributed by atoms with Crippen LogP contribution in [0.4, 0.5) is 0 Å². The topological polar surface area (TPSA) is 78.0 Å². The molecule has 3 rings (SSSR count). The fourth-order valence-electron chi connectivity index (χ4n) is 3.98. The van der Waals surface area contributed by atoms with Crippen molar-refractivity contribution in [3.8, 4) is 17.2 Å². The Labute approximate surface area is 215 Å². The molecule has 3 aromatic carbocycles. The second kappa shape index (κ2) is 15.8. The number of phenolic OH excluding ortho intramolecular Hbond substituents is 1. The first kappa shape index (κ1) is 27.5. The summed E-state index contributed by atoms with van der Waals surface area (Å²) in [6, 6.07) is 23.7. The average Bonchev–Trinajstić information content (AvgIpc) is 2.91. The first-order chi connectivity index (χ1) is 17.7. The summed E-state index contributed by atoms with van der Waals surface area (Å²) in [4.78, 5) is 2.46. The van der Waals surface area contributed by atoms with Crippen molar-refractivity contribution < 1.29 is 14.6 Å². The molecule has 0 atom stereocenters. The van der Waals surface area contributed by atoms with Crippen molar-refractivity contribution >= 4 is 0 Å². The Bertz CT molecular complexity index is 975. The van der Waals surface area contributed by atoms with E-state index < -0.39 is 0 Å². The lowest BCUT2D eigenvalue weighted by molar-refractivity contribution is 0.271. The molecule has 0 aliphatic heterocycles. The summed E-state index contributed by atoms with van der Waals surface area (Å²) in [5.74, 6) is 2.08. The average molecular weight is 493 g/mol. The minimum atomic E-state index is 0.306. The molecule has 0 aliphatic carbocycles. The van der Waals surface area contributed by atoms with Gasteiger partial charge in [0, 0.05) is 58.9 Å². The van der Waals surface area contributed by atoms with Crippen LogP contribution in [0.1, 0.15) is 16.7 Å². The van der Waals surface area contributed by atoms with Gasteiger partial charge in [0.05, 0.1) is 14.2 Å². The zero-order valence-corrected chi connectivity index (χ0v) is 21.5. The molecule has 7 heteroatoms. The van der Waals surface area contributed by atoms with Gasteiger partial charge in [0.1, 0.15) is 17.2 Å². The SMILES string of the molecule is COc1cccc(CNCCN(CCNCc2cccc(O)c2)CCNCc2cccc(OC)c2)c1. The Morgan fingerprint density at radius 1 is 0.611 bits per heavy atom. The minimum Gasteiger partial charge on any atom is -0.508 e. The lowest BCUT2D eigenvalue weighted by atomic mass is 10.2. The van der Waals surface area contributed by atoms with E-state index in [1.165, 1.54) is 11.1 Å². The van der Waals surface area contributed by atoms with Crippen molar-refractivity contribution in [2.24, 2.45) is 0 Å². The quantitative estimate of drug-likeness (QED) is 0.215. The van der Waals surface area contributed by atoms with Gasteiger partial charge in [0.25, 0.3) is 0 Å². The van der Waals surface area contributed by atoms with E-state index in [1.54, 1.807) is 26.4 Å². The molecule has 0 amide bonds. The minimum absolute atomic E-state index is 0.306. The largest absolute Gasteiger partial charge is 0.508 e. The van der Waals surface area contributed by atoms with Crippen molar-refractivity contribution in [1.82, 2.24) is 20.9 Å². The molecule has 4 N–H and O–H groups in total. The van der Waals surface area contributed by atoms with Gasteiger partial charge in [-0.1, -0.05) is 36.4 Å². The lowest BCUT2D eigenvalue weighted by Gasteiger charge is -2.23. The molecular weight excluding hydrogens is 452 g/mol. The molecule has 0 aliphatic rings. The van der Waals surface area contributed by atoms with Gasteiger partial charge in [-0.2, -0.15) is 0 Å². The van der Waals surface area contributed by atoms with Crippen LogP contribution in [0.25, 0.3) is 0 Å². The molecule has 0 radical (unpaired) electrons. The summed E-state index contributed by atoms with van der Waals surface area (Å²) < 4.78 is 10.6. The molecule has 194 valence electrons. The number of nitrogens with zero attached hydrogens (tertiary/aromatic N) is 1. The van der Waals surface area contributed by atoms with E-state index in [2.05, 4.69) is 45.1 Å². The van der Waals surface area contributed by atoms with Gasteiger partial charge in [-0.25, -0.2) is 0 Å². The van der Waals surface area contributed by atoms with Crippen LogP contribution in [0, 0.1) is 0 Å². The van der Waals surface area contributed by atoms with Gasteiger partial charge in [0.15, 0.2) is 0 Å². The highest BCUT2D eigenvalue weighted by atomic mass is 16.5. The van der Waals surface area contributed by atoms with Crippen molar-refractivity contribution in [3.05, 3.63) is 89.5 Å². The van der Waals surface area contributed by atoms with E-state index in [1.807, 2.05) is 36.4 Å². The van der Waals surface area contributed by atoms with Crippen LogP contribution in [0.5, 0.6) is 17.2 Å². The number of hydrogen-bond donors (Lipinski definition) is 4. The number of hydrogen-bond acceptors (Lipinski definition) is 7. The highest BCUT2D eigenvalue weighted by Crippen LogP contribution is 2.13. The van der Waals surface area contributed by atoms with E-state index in [9.17, 15) is 5.11 Å². The molecular formula is C29H40N4O3. The molecule has 0 aromatic heterocycles. The van der Waals surface area contributed by atoms with Crippen molar-refractivity contribution in [1.29, 1.82) is 0 Å². The summed E-state index contributed by atoms with van der Waals surface area (Å²) in [5.41, 5.74) is 3.52.